The summed E-state index contributed by atoms with van der Waals surface area (Å²) in [4.78, 5) is 4.61. The number of nitrogens with two attached hydrogens (primary N) is 1. The number of hydrogen-bond acceptors (Lipinski definition) is 3. The molecule has 1 heterocycles. The number of hydrogen-bond donors (Lipinski definition) is 1. The maximum absolute atomic E-state index is 6.25. The zero-order valence-electron chi connectivity index (χ0n) is 12.7. The zero-order valence-corrected chi connectivity index (χ0v) is 12.7. The summed E-state index contributed by atoms with van der Waals surface area (Å²) in [6, 6.07) is 8.25. The third kappa shape index (κ3) is 2.79. The molecule has 1 aromatic heterocycles. The molecule has 2 aromatic rings. The molecule has 0 aliphatic heterocycles. The lowest BCUT2D eigenvalue weighted by atomic mass is 10.1. The van der Waals surface area contributed by atoms with Gasteiger partial charge in [0.25, 0.3) is 0 Å². The van der Waals surface area contributed by atoms with Gasteiger partial charge in [0.2, 0.25) is 0 Å². The summed E-state index contributed by atoms with van der Waals surface area (Å²) in [6.07, 6.45) is 0.994. The molecule has 0 amide bonds. The Bertz CT molecular complexity index is 587. The number of rotatable bonds is 5. The Hall–Kier alpha value is -1.97. The second-order valence-corrected chi connectivity index (χ2v) is 5.23. The second-order valence-electron chi connectivity index (χ2n) is 5.23. The van der Waals surface area contributed by atoms with Gasteiger partial charge in [-0.2, -0.15) is 0 Å². The molecule has 0 atom stereocenters. The Morgan fingerprint density at radius 1 is 1.35 bits per heavy atom. The van der Waals surface area contributed by atoms with Gasteiger partial charge >= 0.3 is 0 Å². The van der Waals surface area contributed by atoms with Crippen LogP contribution in [0.2, 0.25) is 0 Å². The van der Waals surface area contributed by atoms with Crippen LogP contribution in [0.25, 0.3) is 11.3 Å². The number of aryl methyl sites for hydroxylation is 1. The fourth-order valence-corrected chi connectivity index (χ4v) is 2.38. The monoisotopic (exact) mass is 273 g/mol. The first-order valence-electron chi connectivity index (χ1n) is 7.12. The lowest BCUT2D eigenvalue weighted by Crippen LogP contribution is -2.07. The number of anilines is 1. The lowest BCUT2D eigenvalue weighted by molar-refractivity contribution is 0.317. The van der Waals surface area contributed by atoms with Gasteiger partial charge in [0.1, 0.15) is 23.1 Å². The summed E-state index contributed by atoms with van der Waals surface area (Å²) in [5.74, 6) is 2.51. The van der Waals surface area contributed by atoms with E-state index in [2.05, 4.69) is 30.3 Å². The number of nitrogens with zero attached hydrogens (tertiary/aromatic N) is 2. The maximum atomic E-state index is 6.25. The Morgan fingerprint density at radius 2 is 2.10 bits per heavy atom. The van der Waals surface area contributed by atoms with Crippen molar-refractivity contribution in [1.82, 2.24) is 9.55 Å². The number of nitrogen functional groups attached to an aromatic ring is 1. The molecule has 0 aliphatic carbocycles. The van der Waals surface area contributed by atoms with Crippen LogP contribution in [0, 0.1) is 6.92 Å². The van der Waals surface area contributed by atoms with Gasteiger partial charge in [-0.3, -0.25) is 0 Å². The van der Waals surface area contributed by atoms with Crippen molar-refractivity contribution < 1.29 is 4.74 Å². The molecule has 0 bridgehead atoms. The van der Waals surface area contributed by atoms with Gasteiger partial charge in [0.15, 0.2) is 0 Å². The highest BCUT2D eigenvalue weighted by molar-refractivity contribution is 5.72. The van der Waals surface area contributed by atoms with Crippen molar-refractivity contribution in [2.45, 2.75) is 40.2 Å². The predicted octanol–water partition coefficient (Wildman–Crippen LogP) is 3.81. The summed E-state index contributed by atoms with van der Waals surface area (Å²) >= 11 is 0. The minimum Gasteiger partial charge on any atom is -0.494 e. The van der Waals surface area contributed by atoms with Crippen molar-refractivity contribution in [3.05, 3.63) is 30.1 Å². The number of imidazole rings is 1. The molecule has 2 N–H and O–H groups in total. The third-order valence-corrected chi connectivity index (χ3v) is 3.22. The Labute approximate surface area is 120 Å². The molecule has 108 valence electrons. The summed E-state index contributed by atoms with van der Waals surface area (Å²) in [5.41, 5.74) is 8.08. The van der Waals surface area contributed by atoms with Crippen LogP contribution in [0.4, 0.5) is 5.82 Å². The Morgan fingerprint density at radius 3 is 2.70 bits per heavy atom. The van der Waals surface area contributed by atoms with Crippen LogP contribution in [0.15, 0.2) is 24.3 Å². The Kier molecular flexibility index (Phi) is 4.32. The van der Waals surface area contributed by atoms with Crippen LogP contribution in [0.5, 0.6) is 5.75 Å². The molecule has 0 saturated carbocycles. The van der Waals surface area contributed by atoms with Gasteiger partial charge < -0.3 is 15.0 Å². The second kappa shape index (κ2) is 5.99. The molecule has 0 saturated heterocycles. The van der Waals surface area contributed by atoms with Crippen LogP contribution in [-0.4, -0.2) is 16.2 Å². The summed E-state index contributed by atoms with van der Waals surface area (Å²) in [5, 5.41) is 0. The topological polar surface area (TPSA) is 53.1 Å². The highest BCUT2D eigenvalue weighted by Crippen LogP contribution is 2.30. The minimum absolute atomic E-state index is 0.302. The molecular weight excluding hydrogens is 250 g/mol. The fraction of sp³-hybridized carbons (Fsp3) is 0.438. The van der Waals surface area contributed by atoms with Crippen molar-refractivity contribution >= 4 is 5.82 Å². The first-order chi connectivity index (χ1) is 9.54. The average Bonchev–Trinajstić information content (AvgIpc) is 2.72. The van der Waals surface area contributed by atoms with E-state index in [1.54, 1.807) is 0 Å². The normalized spacial score (nSPS) is 11.1. The van der Waals surface area contributed by atoms with Gasteiger partial charge in [-0.25, -0.2) is 4.98 Å². The van der Waals surface area contributed by atoms with E-state index in [0.29, 0.717) is 11.9 Å². The van der Waals surface area contributed by atoms with Crippen molar-refractivity contribution in [3.8, 4) is 17.0 Å². The first kappa shape index (κ1) is 14.4. The van der Waals surface area contributed by atoms with Gasteiger partial charge in [-0.15, -0.1) is 0 Å². The molecular formula is C16H23N3O. The molecule has 0 fully saturated rings. The third-order valence-electron chi connectivity index (χ3n) is 3.22. The van der Waals surface area contributed by atoms with E-state index in [1.165, 1.54) is 0 Å². The summed E-state index contributed by atoms with van der Waals surface area (Å²) in [7, 11) is 0. The van der Waals surface area contributed by atoms with E-state index in [4.69, 9.17) is 10.5 Å². The van der Waals surface area contributed by atoms with Gasteiger partial charge in [-0.05, 0) is 39.3 Å². The zero-order chi connectivity index (χ0) is 14.7. The van der Waals surface area contributed by atoms with E-state index in [1.807, 2.05) is 31.2 Å². The lowest BCUT2D eigenvalue weighted by Gasteiger charge is -2.11. The van der Waals surface area contributed by atoms with Gasteiger partial charge in [-0.1, -0.05) is 19.1 Å². The van der Waals surface area contributed by atoms with E-state index < -0.39 is 0 Å². The fourth-order valence-electron chi connectivity index (χ4n) is 2.38. The highest BCUT2D eigenvalue weighted by Gasteiger charge is 2.15. The van der Waals surface area contributed by atoms with Crippen molar-refractivity contribution in [2.24, 2.45) is 0 Å². The van der Waals surface area contributed by atoms with Crippen molar-refractivity contribution in [3.63, 3.8) is 0 Å². The molecule has 2 rings (SSSR count). The molecule has 0 radical (unpaired) electrons. The molecule has 20 heavy (non-hydrogen) atoms. The van der Waals surface area contributed by atoms with Crippen LogP contribution in [0.1, 0.15) is 39.1 Å². The van der Waals surface area contributed by atoms with Crippen LogP contribution >= 0.6 is 0 Å². The van der Waals surface area contributed by atoms with Crippen LogP contribution in [0.3, 0.4) is 0 Å². The molecule has 1 aromatic carbocycles. The Balaban J connectivity index is 2.39. The van der Waals surface area contributed by atoms with E-state index in [0.717, 1.165) is 35.9 Å². The average molecular weight is 273 g/mol. The largest absolute Gasteiger partial charge is 0.494 e. The van der Waals surface area contributed by atoms with Crippen molar-refractivity contribution in [1.29, 1.82) is 0 Å². The molecule has 0 spiro atoms. The molecule has 0 aliphatic rings. The van der Waals surface area contributed by atoms with Crippen LogP contribution < -0.4 is 10.5 Å². The molecule has 0 unspecified atom stereocenters. The van der Waals surface area contributed by atoms with E-state index in [-0.39, 0.29) is 0 Å². The highest BCUT2D eigenvalue weighted by atomic mass is 16.5. The van der Waals surface area contributed by atoms with E-state index >= 15 is 0 Å². The van der Waals surface area contributed by atoms with Gasteiger partial charge in [0, 0.05) is 11.6 Å². The standard InChI is InChI=1S/C16H23N3O/c1-5-9-20-14-8-6-7-13(10-14)15-16(17)19(11(2)3)12(4)18-15/h6-8,10-11H,5,9,17H2,1-4H3. The maximum Gasteiger partial charge on any atom is 0.131 e. The summed E-state index contributed by atoms with van der Waals surface area (Å²) in [6.45, 7) is 9.01. The predicted molar refractivity (Wildman–Crippen MR) is 83.0 cm³/mol. The number of ether oxygens (including phenoxy) is 1. The number of benzene rings is 1. The van der Waals surface area contributed by atoms with Crippen molar-refractivity contribution in [2.75, 3.05) is 12.3 Å². The first-order valence-corrected chi connectivity index (χ1v) is 7.12. The minimum atomic E-state index is 0.302. The van der Waals surface area contributed by atoms with Crippen LogP contribution in [-0.2, 0) is 0 Å². The van der Waals surface area contributed by atoms with Gasteiger partial charge in [0.05, 0.1) is 6.61 Å². The smallest absolute Gasteiger partial charge is 0.131 e. The number of aromatic nitrogens is 2. The SMILES string of the molecule is CCCOc1cccc(-c2nc(C)n(C(C)C)c2N)c1. The summed E-state index contributed by atoms with van der Waals surface area (Å²) < 4.78 is 7.72. The molecule has 4 nitrogen and oxygen atoms in total. The quantitative estimate of drug-likeness (QED) is 0.901. The van der Waals surface area contributed by atoms with E-state index in [9.17, 15) is 0 Å². The molecule has 4 heteroatoms.